The molecule has 0 bridgehead atoms. The van der Waals surface area contributed by atoms with E-state index in [-0.39, 0.29) is 30.8 Å². The van der Waals surface area contributed by atoms with E-state index in [1.165, 1.54) is 23.7 Å². The lowest BCUT2D eigenvalue weighted by Gasteiger charge is -2.19. The molecule has 0 unspecified atom stereocenters. The highest BCUT2D eigenvalue weighted by atomic mass is 16.7. The van der Waals surface area contributed by atoms with Crippen molar-refractivity contribution in [2.45, 2.75) is 20.1 Å². The van der Waals surface area contributed by atoms with E-state index in [2.05, 4.69) is 10.4 Å². The molecule has 1 aromatic heterocycles. The maximum absolute atomic E-state index is 12.4. The first-order valence-electron chi connectivity index (χ1n) is 7.75. The third kappa shape index (κ3) is 5.82. The molecule has 0 atom stereocenters. The molecule has 1 rings (SSSR count). The van der Waals surface area contributed by atoms with Gasteiger partial charge in [0.15, 0.2) is 6.29 Å². The van der Waals surface area contributed by atoms with Crippen molar-refractivity contribution in [1.29, 1.82) is 0 Å². The summed E-state index contributed by atoms with van der Waals surface area (Å²) in [7, 11) is 4.66. The molecule has 2 amide bonds. The van der Waals surface area contributed by atoms with Crippen LogP contribution in [-0.4, -0.2) is 73.2 Å². The zero-order valence-electron chi connectivity index (χ0n) is 14.9. The minimum Gasteiger partial charge on any atom is -0.479 e. The predicted octanol–water partition coefficient (Wildman–Crippen LogP) is 0.0160. The van der Waals surface area contributed by atoms with Gasteiger partial charge in [0, 0.05) is 33.5 Å². The normalized spacial score (nSPS) is 10.8. The zero-order valence-corrected chi connectivity index (χ0v) is 14.9. The number of nitrogens with one attached hydrogen (secondary N) is 1. The van der Waals surface area contributed by atoms with Crippen LogP contribution in [0, 0.1) is 0 Å². The summed E-state index contributed by atoms with van der Waals surface area (Å²) in [6, 6.07) is 0. The molecule has 0 saturated carbocycles. The second kappa shape index (κ2) is 9.89. The van der Waals surface area contributed by atoms with Gasteiger partial charge in [0.25, 0.3) is 5.91 Å². The summed E-state index contributed by atoms with van der Waals surface area (Å²) in [6.07, 6.45) is 1.05. The Morgan fingerprint density at radius 3 is 2.50 bits per heavy atom. The van der Waals surface area contributed by atoms with Gasteiger partial charge in [0.1, 0.15) is 5.56 Å². The Bertz CT molecular complexity index is 540. The molecule has 0 radical (unpaired) electrons. The van der Waals surface area contributed by atoms with Crippen molar-refractivity contribution in [3.8, 4) is 5.88 Å². The second-order valence-corrected chi connectivity index (χ2v) is 5.03. The van der Waals surface area contributed by atoms with Crippen molar-refractivity contribution in [2.24, 2.45) is 7.05 Å². The number of amides is 2. The van der Waals surface area contributed by atoms with Crippen LogP contribution < -0.4 is 10.1 Å². The molecule has 1 aromatic rings. The van der Waals surface area contributed by atoms with Gasteiger partial charge in [-0.05, 0) is 13.8 Å². The molecule has 136 valence electrons. The van der Waals surface area contributed by atoms with Gasteiger partial charge in [-0.1, -0.05) is 0 Å². The SMILES string of the molecule is CCOC(CNC(=O)CN(C)C(=O)c1cn(C)nc1OC)OCC. The topological polar surface area (TPSA) is 94.9 Å². The Hall–Kier alpha value is -2.13. The van der Waals surface area contributed by atoms with Crippen LogP contribution in [0.3, 0.4) is 0 Å². The number of hydrogen-bond donors (Lipinski definition) is 1. The number of likely N-dealkylation sites (N-methyl/N-ethyl adjacent to an activating group) is 1. The maximum Gasteiger partial charge on any atom is 0.261 e. The van der Waals surface area contributed by atoms with Crippen LogP contribution in [-0.2, 0) is 21.3 Å². The van der Waals surface area contributed by atoms with Gasteiger partial charge >= 0.3 is 0 Å². The van der Waals surface area contributed by atoms with Crippen molar-refractivity contribution in [2.75, 3.05) is 40.5 Å². The van der Waals surface area contributed by atoms with Crippen molar-refractivity contribution >= 4 is 11.8 Å². The summed E-state index contributed by atoms with van der Waals surface area (Å²) in [5, 5.41) is 6.71. The van der Waals surface area contributed by atoms with E-state index >= 15 is 0 Å². The Labute approximate surface area is 141 Å². The van der Waals surface area contributed by atoms with Crippen LogP contribution in [0.15, 0.2) is 6.20 Å². The molecule has 9 nitrogen and oxygen atoms in total. The smallest absolute Gasteiger partial charge is 0.261 e. The Morgan fingerprint density at radius 1 is 1.33 bits per heavy atom. The molecule has 0 spiro atoms. The largest absolute Gasteiger partial charge is 0.479 e. The van der Waals surface area contributed by atoms with Crippen LogP contribution in [0.25, 0.3) is 0 Å². The van der Waals surface area contributed by atoms with Gasteiger partial charge in [-0.25, -0.2) is 0 Å². The predicted molar refractivity (Wildman–Crippen MR) is 86.8 cm³/mol. The van der Waals surface area contributed by atoms with Crippen LogP contribution >= 0.6 is 0 Å². The standard InChI is InChI=1S/C15H26N4O5/c1-6-23-13(24-7-2)8-16-12(20)10-18(3)15(21)11-9-19(4)17-14(11)22-5/h9,13H,6-8,10H2,1-5H3,(H,16,20). The first-order valence-corrected chi connectivity index (χ1v) is 7.75. The van der Waals surface area contributed by atoms with Crippen LogP contribution in [0.4, 0.5) is 0 Å². The lowest BCUT2D eigenvalue weighted by Crippen LogP contribution is -2.42. The number of nitrogens with zero attached hydrogens (tertiary/aromatic N) is 3. The molecule has 0 saturated heterocycles. The van der Waals surface area contributed by atoms with Gasteiger partial charge < -0.3 is 24.4 Å². The summed E-state index contributed by atoms with van der Waals surface area (Å²) in [4.78, 5) is 25.7. The molecule has 0 aliphatic rings. The third-order valence-electron chi connectivity index (χ3n) is 3.12. The van der Waals surface area contributed by atoms with Crippen LogP contribution in [0.1, 0.15) is 24.2 Å². The average Bonchev–Trinajstić information content (AvgIpc) is 2.93. The highest BCUT2D eigenvalue weighted by Gasteiger charge is 2.22. The zero-order chi connectivity index (χ0) is 18.1. The number of hydrogen-bond acceptors (Lipinski definition) is 6. The van der Waals surface area contributed by atoms with E-state index in [9.17, 15) is 9.59 Å². The highest BCUT2D eigenvalue weighted by molar-refractivity contribution is 5.98. The van der Waals surface area contributed by atoms with E-state index < -0.39 is 6.29 Å². The van der Waals surface area contributed by atoms with E-state index in [0.29, 0.717) is 18.8 Å². The van der Waals surface area contributed by atoms with Crippen LogP contribution in [0.5, 0.6) is 5.88 Å². The van der Waals surface area contributed by atoms with Crippen LogP contribution in [0.2, 0.25) is 0 Å². The van der Waals surface area contributed by atoms with Crippen molar-refractivity contribution in [3.05, 3.63) is 11.8 Å². The number of aryl methyl sites for hydroxylation is 1. The summed E-state index contributed by atoms with van der Waals surface area (Å²) < 4.78 is 17.2. The molecule has 1 N–H and O–H groups in total. The second-order valence-electron chi connectivity index (χ2n) is 5.03. The van der Waals surface area contributed by atoms with E-state index in [4.69, 9.17) is 14.2 Å². The first kappa shape index (κ1) is 19.9. The molecule has 24 heavy (non-hydrogen) atoms. The Morgan fingerprint density at radius 2 is 1.96 bits per heavy atom. The number of carbonyl (C=O) groups excluding carboxylic acids is 2. The summed E-state index contributed by atoms with van der Waals surface area (Å²) in [5.74, 6) is -0.429. The summed E-state index contributed by atoms with van der Waals surface area (Å²) in [5.41, 5.74) is 0.303. The molecular weight excluding hydrogens is 316 g/mol. The van der Waals surface area contributed by atoms with E-state index in [0.717, 1.165) is 0 Å². The molecule has 0 aromatic carbocycles. The highest BCUT2D eigenvalue weighted by Crippen LogP contribution is 2.16. The molecule has 1 heterocycles. The fraction of sp³-hybridized carbons (Fsp3) is 0.667. The Kier molecular flexibility index (Phi) is 8.20. The fourth-order valence-electron chi connectivity index (χ4n) is 2.05. The lowest BCUT2D eigenvalue weighted by molar-refractivity contribution is -0.140. The maximum atomic E-state index is 12.4. The Balaban J connectivity index is 2.55. The molecule has 9 heteroatoms. The van der Waals surface area contributed by atoms with Gasteiger partial charge in [0.2, 0.25) is 11.8 Å². The third-order valence-corrected chi connectivity index (χ3v) is 3.12. The average molecular weight is 342 g/mol. The number of carbonyl (C=O) groups is 2. The molecule has 0 aliphatic carbocycles. The molecule has 0 fully saturated rings. The van der Waals surface area contributed by atoms with E-state index in [1.54, 1.807) is 13.2 Å². The number of rotatable bonds is 10. The summed E-state index contributed by atoms with van der Waals surface area (Å²) >= 11 is 0. The quantitative estimate of drug-likeness (QED) is 0.602. The van der Waals surface area contributed by atoms with E-state index in [1.807, 2.05) is 13.8 Å². The first-order chi connectivity index (χ1) is 11.4. The van der Waals surface area contributed by atoms with Crippen molar-refractivity contribution in [1.82, 2.24) is 20.0 Å². The fourth-order valence-corrected chi connectivity index (χ4v) is 2.05. The molecular formula is C15H26N4O5. The minimum absolute atomic E-state index is 0.0954. The van der Waals surface area contributed by atoms with Crippen molar-refractivity contribution in [3.63, 3.8) is 0 Å². The minimum atomic E-state index is -0.497. The number of methoxy groups -OCH3 is 1. The molecule has 0 aliphatic heterocycles. The van der Waals surface area contributed by atoms with Gasteiger partial charge in [-0.2, -0.15) is 0 Å². The van der Waals surface area contributed by atoms with Gasteiger partial charge in [-0.3, -0.25) is 14.3 Å². The van der Waals surface area contributed by atoms with Crippen molar-refractivity contribution < 1.29 is 23.8 Å². The van der Waals surface area contributed by atoms with Gasteiger partial charge in [0.05, 0.1) is 20.2 Å². The number of ether oxygens (including phenoxy) is 3. The number of aromatic nitrogens is 2. The van der Waals surface area contributed by atoms with Gasteiger partial charge in [-0.15, -0.1) is 5.10 Å². The summed E-state index contributed by atoms with van der Waals surface area (Å²) in [6.45, 7) is 4.79. The lowest BCUT2D eigenvalue weighted by atomic mass is 10.3. The monoisotopic (exact) mass is 342 g/mol.